The highest BCUT2D eigenvalue weighted by Crippen LogP contribution is 2.33. The van der Waals surface area contributed by atoms with Crippen molar-refractivity contribution < 1.29 is 33.4 Å². The molecule has 0 unspecified atom stereocenters. The molecule has 0 atom stereocenters. The van der Waals surface area contributed by atoms with Crippen LogP contribution in [-0.4, -0.2) is 37.3 Å². The first-order valence-corrected chi connectivity index (χ1v) is 12.5. The lowest BCUT2D eigenvalue weighted by Crippen LogP contribution is -2.29. The van der Waals surface area contributed by atoms with Crippen LogP contribution in [0.3, 0.4) is 0 Å². The Morgan fingerprint density at radius 1 is 0.725 bits per heavy atom. The first kappa shape index (κ1) is 26.4. The molecule has 4 aromatic carbocycles. The Balaban J connectivity index is 1.28. The Morgan fingerprint density at radius 3 is 1.98 bits per heavy atom. The average Bonchev–Trinajstić information content (AvgIpc) is 3.22. The predicted molar refractivity (Wildman–Crippen MR) is 148 cm³/mol. The molecule has 0 bridgehead atoms. The molecule has 40 heavy (non-hydrogen) atoms. The Kier molecular flexibility index (Phi) is 7.16. The summed E-state index contributed by atoms with van der Waals surface area (Å²) >= 11 is 0. The molecule has 0 spiro atoms. The fourth-order valence-electron chi connectivity index (χ4n) is 4.42. The molecule has 200 valence electrons. The van der Waals surface area contributed by atoms with Crippen molar-refractivity contribution in [2.45, 2.75) is 13.8 Å². The first-order chi connectivity index (χ1) is 19.3. The maximum absolute atomic E-state index is 13.2. The van der Waals surface area contributed by atoms with Crippen LogP contribution in [0.4, 0.5) is 5.69 Å². The molecule has 0 radical (unpaired) electrons. The second-order valence-corrected chi connectivity index (χ2v) is 9.25. The number of amides is 2. The zero-order valence-corrected chi connectivity index (χ0v) is 22.1. The van der Waals surface area contributed by atoms with Crippen molar-refractivity contribution in [2.75, 3.05) is 18.6 Å². The second-order valence-electron chi connectivity index (χ2n) is 9.25. The van der Waals surface area contributed by atoms with E-state index in [1.54, 1.807) is 48.5 Å². The number of para-hydroxylation sites is 1. The van der Waals surface area contributed by atoms with Gasteiger partial charge in [0.15, 0.2) is 12.4 Å². The number of benzene rings is 4. The quantitative estimate of drug-likeness (QED) is 0.156. The zero-order chi connectivity index (χ0) is 28.4. The number of esters is 1. The zero-order valence-electron chi connectivity index (χ0n) is 22.1. The Hall–Kier alpha value is -5.24. The van der Waals surface area contributed by atoms with E-state index >= 15 is 0 Å². The van der Waals surface area contributed by atoms with E-state index in [-0.39, 0.29) is 22.5 Å². The summed E-state index contributed by atoms with van der Waals surface area (Å²) in [6, 6.07) is 23.0. The number of anilines is 1. The van der Waals surface area contributed by atoms with Gasteiger partial charge in [-0.2, -0.15) is 0 Å². The average molecular weight is 536 g/mol. The maximum Gasteiger partial charge on any atom is 0.338 e. The van der Waals surface area contributed by atoms with E-state index in [1.165, 1.54) is 25.3 Å². The number of methoxy groups -OCH3 is 1. The molecule has 1 heterocycles. The summed E-state index contributed by atoms with van der Waals surface area (Å²) < 4.78 is 16.3. The molecular weight excluding hydrogens is 510 g/mol. The number of nitrogens with zero attached hydrogens (tertiary/aromatic N) is 1. The fourth-order valence-corrected chi connectivity index (χ4v) is 4.42. The van der Waals surface area contributed by atoms with Gasteiger partial charge in [0.25, 0.3) is 11.8 Å². The SMILES string of the molecule is COc1ccc(C(=O)COC(=O)c2ccc3c(c2)C(=O)N(c2ccc(Oc4c(C)cccc4C)cc2)C3=O)cc1. The summed E-state index contributed by atoms with van der Waals surface area (Å²) in [5.41, 5.74) is 3.02. The smallest absolute Gasteiger partial charge is 0.338 e. The van der Waals surface area contributed by atoms with Crippen molar-refractivity contribution in [3.8, 4) is 17.2 Å². The number of carbonyl (C=O) groups excluding carboxylic acids is 4. The van der Waals surface area contributed by atoms with Crippen LogP contribution < -0.4 is 14.4 Å². The van der Waals surface area contributed by atoms with Crippen molar-refractivity contribution in [3.63, 3.8) is 0 Å². The predicted octanol–water partition coefficient (Wildman–Crippen LogP) is 5.94. The van der Waals surface area contributed by atoms with Gasteiger partial charge >= 0.3 is 5.97 Å². The molecule has 4 aromatic rings. The lowest BCUT2D eigenvalue weighted by atomic mass is 10.1. The normalized spacial score (nSPS) is 12.2. The molecular formula is C32H25NO7. The van der Waals surface area contributed by atoms with Crippen LogP contribution in [-0.2, 0) is 4.74 Å². The number of fused-ring (bicyclic) bond motifs is 1. The second kappa shape index (κ2) is 10.9. The van der Waals surface area contributed by atoms with Crippen LogP contribution in [0.15, 0.2) is 84.9 Å². The van der Waals surface area contributed by atoms with Crippen molar-refractivity contribution in [1.29, 1.82) is 0 Å². The van der Waals surface area contributed by atoms with Crippen LogP contribution in [0.5, 0.6) is 17.2 Å². The Morgan fingerprint density at radius 2 is 1.32 bits per heavy atom. The van der Waals surface area contributed by atoms with Crippen molar-refractivity contribution in [3.05, 3.63) is 118 Å². The Labute approximate surface area is 230 Å². The van der Waals surface area contributed by atoms with Gasteiger partial charge < -0.3 is 14.2 Å². The molecule has 0 saturated carbocycles. The van der Waals surface area contributed by atoms with Gasteiger partial charge in [-0.1, -0.05) is 18.2 Å². The van der Waals surface area contributed by atoms with E-state index in [0.717, 1.165) is 21.8 Å². The highest BCUT2D eigenvalue weighted by molar-refractivity contribution is 6.34. The summed E-state index contributed by atoms with van der Waals surface area (Å²) in [7, 11) is 1.52. The van der Waals surface area contributed by atoms with Crippen molar-refractivity contribution in [2.24, 2.45) is 0 Å². The third kappa shape index (κ3) is 5.07. The molecule has 0 aliphatic carbocycles. The molecule has 0 N–H and O–H groups in total. The van der Waals surface area contributed by atoms with Gasteiger partial charge in [-0.3, -0.25) is 14.4 Å². The number of ether oxygens (including phenoxy) is 3. The van der Waals surface area contributed by atoms with Crippen LogP contribution in [0.1, 0.15) is 52.6 Å². The van der Waals surface area contributed by atoms with Gasteiger partial charge in [-0.25, -0.2) is 9.69 Å². The number of imide groups is 1. The number of ketones is 1. The molecule has 0 aromatic heterocycles. The summed E-state index contributed by atoms with van der Waals surface area (Å²) in [5.74, 6) is -0.323. The van der Waals surface area contributed by atoms with Crippen LogP contribution in [0, 0.1) is 13.8 Å². The summed E-state index contributed by atoms with van der Waals surface area (Å²) in [6.45, 7) is 3.44. The monoisotopic (exact) mass is 535 g/mol. The van der Waals surface area contributed by atoms with Gasteiger partial charge in [0, 0.05) is 5.56 Å². The number of Topliss-reactive ketones (excluding diaryl/α,β-unsaturated/α-hetero) is 1. The summed E-state index contributed by atoms with van der Waals surface area (Å²) in [5, 5.41) is 0. The highest BCUT2D eigenvalue weighted by atomic mass is 16.5. The van der Waals surface area contributed by atoms with Crippen molar-refractivity contribution >= 4 is 29.3 Å². The topological polar surface area (TPSA) is 99.2 Å². The minimum atomic E-state index is -0.781. The molecule has 8 nitrogen and oxygen atoms in total. The molecule has 2 amide bonds. The molecule has 1 aliphatic heterocycles. The minimum Gasteiger partial charge on any atom is -0.497 e. The fraction of sp³-hybridized carbons (Fsp3) is 0.125. The Bertz CT molecular complexity index is 1620. The third-order valence-corrected chi connectivity index (χ3v) is 6.59. The first-order valence-electron chi connectivity index (χ1n) is 12.5. The largest absolute Gasteiger partial charge is 0.497 e. The van der Waals surface area contributed by atoms with E-state index in [1.807, 2.05) is 32.0 Å². The lowest BCUT2D eigenvalue weighted by molar-refractivity contribution is 0.0474. The number of hydrogen-bond donors (Lipinski definition) is 0. The number of aryl methyl sites for hydroxylation is 2. The van der Waals surface area contributed by atoms with Gasteiger partial charge in [0.1, 0.15) is 17.2 Å². The van der Waals surface area contributed by atoms with Gasteiger partial charge in [0.2, 0.25) is 0 Å². The molecule has 5 rings (SSSR count). The maximum atomic E-state index is 13.2. The lowest BCUT2D eigenvalue weighted by Gasteiger charge is -2.15. The van der Waals surface area contributed by atoms with Gasteiger partial charge in [-0.15, -0.1) is 0 Å². The third-order valence-electron chi connectivity index (χ3n) is 6.59. The van der Waals surface area contributed by atoms with Crippen LogP contribution >= 0.6 is 0 Å². The number of rotatable bonds is 8. The molecule has 0 saturated heterocycles. The number of carbonyl (C=O) groups is 4. The standard InChI is InChI=1S/C32H25NO7/c1-19-5-4-6-20(2)29(19)40-25-14-10-23(11-15-25)33-30(35)26-16-9-22(17-27(26)31(33)36)32(37)39-18-28(34)21-7-12-24(38-3)13-8-21/h4-17H,18H2,1-3H3. The van der Waals surface area contributed by atoms with Crippen LogP contribution in [0.2, 0.25) is 0 Å². The molecule has 1 aliphatic rings. The van der Waals surface area contributed by atoms with E-state index in [2.05, 4.69) is 0 Å². The van der Waals surface area contributed by atoms with Gasteiger partial charge in [0.05, 0.1) is 29.5 Å². The summed E-state index contributed by atoms with van der Waals surface area (Å²) in [4.78, 5) is 52.4. The van der Waals surface area contributed by atoms with Crippen LogP contribution in [0.25, 0.3) is 0 Å². The van der Waals surface area contributed by atoms with Crippen molar-refractivity contribution in [1.82, 2.24) is 0 Å². The van der Waals surface area contributed by atoms with Gasteiger partial charge in [-0.05, 0) is 91.7 Å². The minimum absolute atomic E-state index is 0.0571. The van der Waals surface area contributed by atoms with E-state index in [0.29, 0.717) is 22.7 Å². The molecule has 8 heteroatoms. The summed E-state index contributed by atoms with van der Waals surface area (Å²) in [6.07, 6.45) is 0. The van der Waals surface area contributed by atoms with E-state index < -0.39 is 24.4 Å². The van der Waals surface area contributed by atoms with E-state index in [9.17, 15) is 19.2 Å². The molecule has 0 fully saturated rings. The number of hydrogen-bond acceptors (Lipinski definition) is 7. The highest BCUT2D eigenvalue weighted by Gasteiger charge is 2.37. The van der Waals surface area contributed by atoms with E-state index in [4.69, 9.17) is 14.2 Å².